The predicted octanol–water partition coefficient (Wildman–Crippen LogP) is 2.17. The Hall–Kier alpha value is -1.90. The fourth-order valence-corrected chi connectivity index (χ4v) is 1.38. The van der Waals surface area contributed by atoms with Gasteiger partial charge >= 0.3 is 0 Å². The SMILES string of the molecule is O=CCC=Cc1cccc2cn[nH]c12. The fraction of sp³-hybridized carbons (Fsp3) is 0.0909. The average Bonchev–Trinajstić information content (AvgIpc) is 2.67. The third-order valence-electron chi connectivity index (χ3n) is 2.04. The molecular weight excluding hydrogens is 176 g/mol. The molecule has 0 atom stereocenters. The molecule has 2 rings (SSSR count). The lowest BCUT2D eigenvalue weighted by Gasteiger charge is -1.94. The summed E-state index contributed by atoms with van der Waals surface area (Å²) in [4.78, 5) is 10.1. The Labute approximate surface area is 81.4 Å². The molecule has 1 aromatic heterocycles. The molecule has 0 aliphatic heterocycles. The van der Waals surface area contributed by atoms with Gasteiger partial charge in [-0.1, -0.05) is 30.4 Å². The largest absolute Gasteiger partial charge is 0.303 e. The van der Waals surface area contributed by atoms with Gasteiger partial charge in [0.15, 0.2) is 0 Å². The maximum atomic E-state index is 10.1. The molecule has 0 saturated heterocycles. The highest BCUT2D eigenvalue weighted by Crippen LogP contribution is 2.16. The monoisotopic (exact) mass is 186 g/mol. The van der Waals surface area contributed by atoms with E-state index in [1.807, 2.05) is 30.4 Å². The zero-order valence-electron chi connectivity index (χ0n) is 7.60. The number of carbonyl (C=O) groups is 1. The van der Waals surface area contributed by atoms with E-state index in [9.17, 15) is 4.79 Å². The van der Waals surface area contributed by atoms with Gasteiger partial charge < -0.3 is 4.79 Å². The van der Waals surface area contributed by atoms with Crippen LogP contribution in [0.5, 0.6) is 0 Å². The number of hydrogen-bond donors (Lipinski definition) is 1. The van der Waals surface area contributed by atoms with Crippen LogP contribution in [0.1, 0.15) is 12.0 Å². The Morgan fingerprint density at radius 1 is 1.43 bits per heavy atom. The van der Waals surface area contributed by atoms with Crippen molar-refractivity contribution in [3.05, 3.63) is 36.0 Å². The third-order valence-corrected chi connectivity index (χ3v) is 2.04. The van der Waals surface area contributed by atoms with Gasteiger partial charge in [-0.25, -0.2) is 0 Å². The summed E-state index contributed by atoms with van der Waals surface area (Å²) < 4.78 is 0. The molecule has 0 unspecified atom stereocenters. The summed E-state index contributed by atoms with van der Waals surface area (Å²) in [5.41, 5.74) is 2.07. The molecule has 1 aromatic carbocycles. The number of allylic oxidation sites excluding steroid dienone is 1. The Morgan fingerprint density at radius 3 is 3.21 bits per heavy atom. The van der Waals surface area contributed by atoms with Gasteiger partial charge in [-0.3, -0.25) is 5.10 Å². The smallest absolute Gasteiger partial charge is 0.123 e. The summed E-state index contributed by atoms with van der Waals surface area (Å²) in [5.74, 6) is 0. The van der Waals surface area contributed by atoms with E-state index in [0.29, 0.717) is 6.42 Å². The van der Waals surface area contributed by atoms with Crippen molar-refractivity contribution < 1.29 is 4.79 Å². The topological polar surface area (TPSA) is 45.8 Å². The standard InChI is InChI=1S/C11H10N2O/c14-7-2-1-4-9-5-3-6-10-8-12-13-11(9)10/h1,3-8H,2H2,(H,12,13). The molecule has 1 N–H and O–H groups in total. The van der Waals surface area contributed by atoms with Crippen molar-refractivity contribution in [1.82, 2.24) is 10.2 Å². The van der Waals surface area contributed by atoms with Gasteiger partial charge in [0.05, 0.1) is 11.7 Å². The second kappa shape index (κ2) is 3.87. The molecule has 2 aromatic rings. The van der Waals surface area contributed by atoms with Gasteiger partial charge in [-0.15, -0.1) is 0 Å². The number of carbonyl (C=O) groups excluding carboxylic acids is 1. The molecule has 0 saturated carbocycles. The number of rotatable bonds is 3. The van der Waals surface area contributed by atoms with Crippen LogP contribution < -0.4 is 0 Å². The molecule has 0 aliphatic rings. The number of nitrogens with one attached hydrogen (secondary N) is 1. The number of aromatic amines is 1. The van der Waals surface area contributed by atoms with Crippen LogP contribution in [0.25, 0.3) is 17.0 Å². The van der Waals surface area contributed by atoms with Crippen molar-refractivity contribution in [2.45, 2.75) is 6.42 Å². The van der Waals surface area contributed by atoms with E-state index in [1.165, 1.54) is 0 Å². The van der Waals surface area contributed by atoms with Crippen LogP contribution in [0.3, 0.4) is 0 Å². The molecule has 3 nitrogen and oxygen atoms in total. The van der Waals surface area contributed by atoms with E-state index >= 15 is 0 Å². The highest BCUT2D eigenvalue weighted by molar-refractivity contribution is 5.86. The minimum atomic E-state index is 0.449. The van der Waals surface area contributed by atoms with E-state index < -0.39 is 0 Å². The van der Waals surface area contributed by atoms with E-state index in [-0.39, 0.29) is 0 Å². The maximum absolute atomic E-state index is 10.1. The van der Waals surface area contributed by atoms with Crippen molar-refractivity contribution in [3.8, 4) is 0 Å². The molecule has 0 aliphatic carbocycles. The van der Waals surface area contributed by atoms with Gasteiger partial charge in [0, 0.05) is 11.8 Å². The van der Waals surface area contributed by atoms with Crippen molar-refractivity contribution in [2.75, 3.05) is 0 Å². The zero-order valence-corrected chi connectivity index (χ0v) is 7.60. The second-order valence-electron chi connectivity index (χ2n) is 2.99. The number of nitrogens with zero attached hydrogens (tertiary/aromatic N) is 1. The molecule has 14 heavy (non-hydrogen) atoms. The van der Waals surface area contributed by atoms with E-state index in [0.717, 1.165) is 22.8 Å². The number of aromatic nitrogens is 2. The van der Waals surface area contributed by atoms with Crippen molar-refractivity contribution in [1.29, 1.82) is 0 Å². The summed E-state index contributed by atoms with van der Waals surface area (Å²) in [6.07, 6.45) is 6.87. The van der Waals surface area contributed by atoms with E-state index in [4.69, 9.17) is 0 Å². The van der Waals surface area contributed by atoms with Gasteiger partial charge in [-0.05, 0) is 5.56 Å². The minimum absolute atomic E-state index is 0.449. The molecule has 3 heteroatoms. The number of H-pyrrole nitrogens is 1. The lowest BCUT2D eigenvalue weighted by molar-refractivity contribution is -0.107. The molecule has 0 fully saturated rings. The van der Waals surface area contributed by atoms with Gasteiger partial charge in [0.2, 0.25) is 0 Å². The molecular formula is C11H10N2O. The van der Waals surface area contributed by atoms with E-state index in [2.05, 4.69) is 10.2 Å². The van der Waals surface area contributed by atoms with Crippen molar-refractivity contribution >= 4 is 23.3 Å². The zero-order chi connectivity index (χ0) is 9.80. The lowest BCUT2D eigenvalue weighted by atomic mass is 10.1. The Bertz CT molecular complexity index is 471. The minimum Gasteiger partial charge on any atom is -0.303 e. The van der Waals surface area contributed by atoms with Gasteiger partial charge in [0.25, 0.3) is 0 Å². The predicted molar refractivity (Wildman–Crippen MR) is 55.8 cm³/mol. The average molecular weight is 186 g/mol. The normalized spacial score (nSPS) is 11.1. The first-order valence-electron chi connectivity index (χ1n) is 4.44. The number of para-hydroxylation sites is 1. The molecule has 0 amide bonds. The quantitative estimate of drug-likeness (QED) is 0.746. The summed E-state index contributed by atoms with van der Waals surface area (Å²) in [5, 5.41) is 7.97. The number of hydrogen-bond acceptors (Lipinski definition) is 2. The Kier molecular flexibility index (Phi) is 2.40. The highest BCUT2D eigenvalue weighted by atomic mass is 16.1. The van der Waals surface area contributed by atoms with Crippen LogP contribution in [-0.2, 0) is 4.79 Å². The number of aldehydes is 1. The van der Waals surface area contributed by atoms with Crippen LogP contribution >= 0.6 is 0 Å². The summed E-state index contributed by atoms with van der Waals surface area (Å²) >= 11 is 0. The Balaban J connectivity index is 2.41. The van der Waals surface area contributed by atoms with Crippen molar-refractivity contribution in [2.24, 2.45) is 0 Å². The summed E-state index contributed by atoms with van der Waals surface area (Å²) in [6, 6.07) is 5.95. The molecule has 1 heterocycles. The van der Waals surface area contributed by atoms with Crippen molar-refractivity contribution in [3.63, 3.8) is 0 Å². The lowest BCUT2D eigenvalue weighted by Crippen LogP contribution is -1.76. The molecule has 70 valence electrons. The molecule has 0 radical (unpaired) electrons. The van der Waals surface area contributed by atoms with Crippen LogP contribution in [0.4, 0.5) is 0 Å². The fourth-order valence-electron chi connectivity index (χ4n) is 1.38. The molecule has 0 bridgehead atoms. The van der Waals surface area contributed by atoms with Gasteiger partial charge in [-0.2, -0.15) is 5.10 Å². The van der Waals surface area contributed by atoms with Crippen LogP contribution in [0.15, 0.2) is 30.5 Å². The molecule has 0 spiro atoms. The third kappa shape index (κ3) is 1.57. The summed E-state index contributed by atoms with van der Waals surface area (Å²) in [7, 11) is 0. The Morgan fingerprint density at radius 2 is 2.36 bits per heavy atom. The second-order valence-corrected chi connectivity index (χ2v) is 2.99. The first-order chi connectivity index (χ1) is 6.92. The summed E-state index contributed by atoms with van der Waals surface area (Å²) in [6.45, 7) is 0. The van der Waals surface area contributed by atoms with Crippen LogP contribution in [0.2, 0.25) is 0 Å². The first-order valence-corrected chi connectivity index (χ1v) is 4.44. The van der Waals surface area contributed by atoms with E-state index in [1.54, 1.807) is 6.20 Å². The van der Waals surface area contributed by atoms with Crippen LogP contribution in [-0.4, -0.2) is 16.5 Å². The number of benzene rings is 1. The highest BCUT2D eigenvalue weighted by Gasteiger charge is 1.97. The number of fused-ring (bicyclic) bond motifs is 1. The first kappa shape index (κ1) is 8.69. The van der Waals surface area contributed by atoms with Crippen LogP contribution in [0, 0.1) is 0 Å². The van der Waals surface area contributed by atoms with Gasteiger partial charge in [0.1, 0.15) is 6.29 Å². The maximum Gasteiger partial charge on any atom is 0.123 e.